The number of ether oxygens (including phenoxy) is 5. The molecule has 1 aliphatic heterocycles. The van der Waals surface area contributed by atoms with Crippen LogP contribution in [-0.2, 0) is 9.53 Å². The minimum absolute atomic E-state index is 0.164. The first kappa shape index (κ1) is 18.5. The van der Waals surface area contributed by atoms with Crippen LogP contribution in [0.4, 0.5) is 0 Å². The number of carbonyl (C=O) groups excluding carboxylic acids is 2. The molecule has 0 radical (unpaired) electrons. The lowest BCUT2D eigenvalue weighted by atomic mass is 10.1. The number of allylic oxidation sites excluding steroid dienone is 1. The van der Waals surface area contributed by atoms with Gasteiger partial charge in [-0.05, 0) is 35.9 Å². The van der Waals surface area contributed by atoms with Crippen molar-refractivity contribution in [1.82, 2.24) is 0 Å². The van der Waals surface area contributed by atoms with Crippen molar-refractivity contribution in [2.45, 2.75) is 0 Å². The van der Waals surface area contributed by atoms with Crippen LogP contribution >= 0.6 is 0 Å². The molecule has 140 valence electrons. The predicted molar refractivity (Wildman–Crippen MR) is 96.4 cm³/mol. The van der Waals surface area contributed by atoms with Crippen molar-refractivity contribution in [3.8, 4) is 23.0 Å². The summed E-state index contributed by atoms with van der Waals surface area (Å²) in [5.74, 6) is 1.10. The van der Waals surface area contributed by atoms with Crippen molar-refractivity contribution >= 4 is 17.8 Å². The van der Waals surface area contributed by atoms with E-state index in [1.165, 1.54) is 26.4 Å². The number of esters is 1. The largest absolute Gasteiger partial charge is 0.493 e. The summed E-state index contributed by atoms with van der Waals surface area (Å²) in [6, 6.07) is 9.85. The minimum atomic E-state index is -0.539. The van der Waals surface area contributed by atoms with E-state index in [9.17, 15) is 9.59 Å². The van der Waals surface area contributed by atoms with Crippen LogP contribution < -0.4 is 18.9 Å². The smallest absolute Gasteiger partial charge is 0.337 e. The molecule has 0 atom stereocenters. The van der Waals surface area contributed by atoms with E-state index in [2.05, 4.69) is 0 Å². The van der Waals surface area contributed by atoms with Gasteiger partial charge in [-0.1, -0.05) is 6.07 Å². The third-order valence-corrected chi connectivity index (χ3v) is 3.84. The van der Waals surface area contributed by atoms with Crippen LogP contribution in [0.3, 0.4) is 0 Å². The number of methoxy groups -OCH3 is 3. The van der Waals surface area contributed by atoms with E-state index in [0.717, 1.165) is 5.56 Å². The molecule has 1 heterocycles. The number of benzene rings is 2. The number of ketones is 1. The number of hydrogen-bond acceptors (Lipinski definition) is 7. The molecule has 1 aliphatic rings. The molecule has 0 amide bonds. The molecule has 0 aliphatic carbocycles. The average Bonchev–Trinajstić information content (AvgIpc) is 2.96. The molecule has 0 aromatic heterocycles. The van der Waals surface area contributed by atoms with Crippen LogP contribution in [0.5, 0.6) is 23.0 Å². The number of carbonyl (C=O) groups is 2. The summed E-state index contributed by atoms with van der Waals surface area (Å²) in [6.45, 7) is -0.165. The van der Waals surface area contributed by atoms with Crippen LogP contribution in [-0.4, -0.2) is 39.7 Å². The van der Waals surface area contributed by atoms with E-state index in [1.54, 1.807) is 37.5 Å². The van der Waals surface area contributed by atoms with Crippen molar-refractivity contribution in [3.63, 3.8) is 0 Å². The van der Waals surface area contributed by atoms with Gasteiger partial charge >= 0.3 is 5.97 Å². The quantitative estimate of drug-likeness (QED) is 0.439. The molecule has 0 bridgehead atoms. The zero-order valence-electron chi connectivity index (χ0n) is 15.1. The van der Waals surface area contributed by atoms with E-state index in [4.69, 9.17) is 23.7 Å². The van der Waals surface area contributed by atoms with Gasteiger partial charge in [0.1, 0.15) is 18.1 Å². The van der Waals surface area contributed by atoms with E-state index >= 15 is 0 Å². The Morgan fingerprint density at radius 1 is 1.04 bits per heavy atom. The summed E-state index contributed by atoms with van der Waals surface area (Å²) in [6.07, 6.45) is 1.61. The molecule has 0 unspecified atom stereocenters. The van der Waals surface area contributed by atoms with E-state index in [-0.39, 0.29) is 23.9 Å². The molecule has 0 N–H and O–H groups in total. The molecule has 7 nitrogen and oxygen atoms in total. The Morgan fingerprint density at radius 3 is 2.52 bits per heavy atom. The van der Waals surface area contributed by atoms with Crippen LogP contribution in [0.15, 0.2) is 42.2 Å². The molecule has 0 spiro atoms. The summed E-state index contributed by atoms with van der Waals surface area (Å²) in [4.78, 5) is 24.0. The van der Waals surface area contributed by atoms with Gasteiger partial charge in [-0.15, -0.1) is 0 Å². The fourth-order valence-corrected chi connectivity index (χ4v) is 2.60. The van der Waals surface area contributed by atoms with Gasteiger partial charge in [0.15, 0.2) is 17.3 Å². The van der Waals surface area contributed by atoms with E-state index in [0.29, 0.717) is 22.8 Å². The predicted octanol–water partition coefficient (Wildman–Crippen LogP) is 2.87. The third-order valence-electron chi connectivity index (χ3n) is 3.84. The highest BCUT2D eigenvalue weighted by molar-refractivity contribution is 6.14. The van der Waals surface area contributed by atoms with Gasteiger partial charge in [-0.25, -0.2) is 4.79 Å². The van der Waals surface area contributed by atoms with Gasteiger partial charge in [0.2, 0.25) is 5.78 Å². The van der Waals surface area contributed by atoms with Crippen molar-refractivity contribution < 1.29 is 33.3 Å². The highest BCUT2D eigenvalue weighted by Crippen LogP contribution is 2.36. The maximum absolute atomic E-state index is 12.5. The van der Waals surface area contributed by atoms with E-state index < -0.39 is 5.97 Å². The van der Waals surface area contributed by atoms with Crippen molar-refractivity contribution in [2.75, 3.05) is 27.9 Å². The zero-order valence-corrected chi connectivity index (χ0v) is 15.1. The van der Waals surface area contributed by atoms with Crippen LogP contribution in [0.2, 0.25) is 0 Å². The fourth-order valence-electron chi connectivity index (χ4n) is 2.60. The highest BCUT2D eigenvalue weighted by Gasteiger charge is 2.28. The first-order valence-corrected chi connectivity index (χ1v) is 8.05. The molecule has 7 heteroatoms. The van der Waals surface area contributed by atoms with Gasteiger partial charge in [0.05, 0.1) is 19.8 Å². The fraction of sp³-hybridized carbons (Fsp3) is 0.200. The maximum atomic E-state index is 12.5. The lowest BCUT2D eigenvalue weighted by molar-refractivity contribution is -0.138. The topological polar surface area (TPSA) is 80.3 Å². The van der Waals surface area contributed by atoms with Gasteiger partial charge in [0.25, 0.3) is 0 Å². The SMILES string of the molecule is COCC(=O)Oc1ccc2c(c1)O/C(=C\c1ccc(OC)c(OC)c1)C2=O. The summed E-state index contributed by atoms with van der Waals surface area (Å²) in [7, 11) is 4.48. The lowest BCUT2D eigenvalue weighted by Crippen LogP contribution is -2.14. The standard InChI is InChI=1S/C20H18O7/c1-23-11-19(21)26-13-5-6-14-16(10-13)27-18(20(14)22)9-12-4-7-15(24-2)17(8-12)25-3/h4-10H,11H2,1-3H3/b18-9-. The average molecular weight is 370 g/mol. The molecule has 0 fully saturated rings. The molecular formula is C20H18O7. The Hall–Kier alpha value is -3.32. The molecule has 27 heavy (non-hydrogen) atoms. The third kappa shape index (κ3) is 3.93. The Bertz CT molecular complexity index is 915. The van der Waals surface area contributed by atoms with Gasteiger partial charge in [-0.2, -0.15) is 0 Å². The Labute approximate surface area is 156 Å². The first-order valence-electron chi connectivity index (χ1n) is 8.05. The monoisotopic (exact) mass is 370 g/mol. The van der Waals surface area contributed by atoms with Gasteiger partial charge in [-0.3, -0.25) is 4.79 Å². The zero-order chi connectivity index (χ0) is 19.4. The van der Waals surface area contributed by atoms with Crippen LogP contribution in [0, 0.1) is 0 Å². The summed E-state index contributed by atoms with van der Waals surface area (Å²) >= 11 is 0. The Balaban J connectivity index is 1.84. The second-order valence-corrected chi connectivity index (χ2v) is 5.62. The van der Waals surface area contributed by atoms with Gasteiger partial charge < -0.3 is 23.7 Å². The lowest BCUT2D eigenvalue weighted by Gasteiger charge is -2.08. The number of hydrogen-bond donors (Lipinski definition) is 0. The highest BCUT2D eigenvalue weighted by atomic mass is 16.6. The number of Topliss-reactive ketones (excluding diaryl/α,β-unsaturated/α-hetero) is 1. The molecule has 3 rings (SSSR count). The van der Waals surface area contributed by atoms with Crippen LogP contribution in [0.1, 0.15) is 15.9 Å². The molecule has 0 saturated carbocycles. The summed E-state index contributed by atoms with van der Waals surface area (Å²) in [5, 5.41) is 0. The maximum Gasteiger partial charge on any atom is 0.337 e. The number of rotatable bonds is 6. The van der Waals surface area contributed by atoms with Crippen LogP contribution in [0.25, 0.3) is 6.08 Å². The molecule has 2 aromatic rings. The molecule has 2 aromatic carbocycles. The normalized spacial score (nSPS) is 13.9. The van der Waals surface area contributed by atoms with Crippen molar-refractivity contribution in [1.29, 1.82) is 0 Å². The first-order chi connectivity index (χ1) is 13.0. The summed E-state index contributed by atoms with van der Waals surface area (Å²) < 4.78 is 26.0. The summed E-state index contributed by atoms with van der Waals surface area (Å²) in [5.41, 5.74) is 1.11. The minimum Gasteiger partial charge on any atom is -0.493 e. The molecule has 0 saturated heterocycles. The van der Waals surface area contributed by atoms with Crippen molar-refractivity contribution in [2.24, 2.45) is 0 Å². The Morgan fingerprint density at radius 2 is 1.81 bits per heavy atom. The van der Waals surface area contributed by atoms with Gasteiger partial charge in [0, 0.05) is 13.2 Å². The van der Waals surface area contributed by atoms with E-state index in [1.807, 2.05) is 0 Å². The second kappa shape index (κ2) is 7.92. The molecular weight excluding hydrogens is 352 g/mol. The number of fused-ring (bicyclic) bond motifs is 1. The van der Waals surface area contributed by atoms with Crippen molar-refractivity contribution in [3.05, 3.63) is 53.3 Å². The Kier molecular flexibility index (Phi) is 5.42. The second-order valence-electron chi connectivity index (χ2n) is 5.62.